The number of halogens is 1. The highest BCUT2D eigenvalue weighted by Crippen LogP contribution is 2.13. The van der Waals surface area contributed by atoms with Crippen LogP contribution in [0.15, 0.2) is 54.6 Å². The summed E-state index contributed by atoms with van der Waals surface area (Å²) in [5.74, 6) is 0. The van der Waals surface area contributed by atoms with Gasteiger partial charge in [0, 0.05) is 23.3 Å². The fourth-order valence-corrected chi connectivity index (χ4v) is 2.37. The van der Waals surface area contributed by atoms with Crippen molar-refractivity contribution in [2.75, 3.05) is 26.0 Å². The average Bonchev–Trinajstić information content (AvgIpc) is 2.54. The predicted octanol–water partition coefficient (Wildman–Crippen LogP) is 3.63. The second-order valence-electron chi connectivity index (χ2n) is 5.65. The number of carbonyl (C=O) groups excluding carboxylic acids is 1. The Morgan fingerprint density at radius 2 is 1.74 bits per heavy atom. The van der Waals surface area contributed by atoms with E-state index >= 15 is 0 Å². The highest BCUT2D eigenvalue weighted by Gasteiger charge is 2.13. The molecule has 0 aliphatic heterocycles. The van der Waals surface area contributed by atoms with Gasteiger partial charge < -0.3 is 15.5 Å². The van der Waals surface area contributed by atoms with Crippen molar-refractivity contribution in [2.45, 2.75) is 12.5 Å². The normalized spacial score (nSPS) is 12.0. The maximum absolute atomic E-state index is 12.0. The second kappa shape index (κ2) is 8.56. The molecule has 23 heavy (non-hydrogen) atoms. The molecule has 4 nitrogen and oxygen atoms in total. The molecular weight excluding hydrogens is 310 g/mol. The second-order valence-corrected chi connectivity index (χ2v) is 6.09. The van der Waals surface area contributed by atoms with Crippen molar-refractivity contribution in [1.29, 1.82) is 0 Å². The summed E-state index contributed by atoms with van der Waals surface area (Å²) in [5.41, 5.74) is 1.97. The molecule has 0 saturated heterocycles. The van der Waals surface area contributed by atoms with Crippen LogP contribution in [0.3, 0.4) is 0 Å². The quantitative estimate of drug-likeness (QED) is 0.849. The SMILES string of the molecule is CN(C)[C@@H](CNC(=O)Nc1ccc(Cl)cc1)Cc1ccccc1. The number of nitrogens with zero attached hydrogens (tertiary/aromatic N) is 1. The van der Waals surface area contributed by atoms with Gasteiger partial charge in [0.2, 0.25) is 0 Å². The van der Waals surface area contributed by atoms with Gasteiger partial charge in [-0.1, -0.05) is 41.9 Å². The van der Waals surface area contributed by atoms with E-state index in [9.17, 15) is 4.79 Å². The first-order valence-electron chi connectivity index (χ1n) is 7.55. The van der Waals surface area contributed by atoms with Gasteiger partial charge in [-0.3, -0.25) is 0 Å². The van der Waals surface area contributed by atoms with Crippen LogP contribution in [-0.4, -0.2) is 37.6 Å². The molecule has 0 aliphatic carbocycles. The van der Waals surface area contributed by atoms with E-state index in [1.54, 1.807) is 24.3 Å². The molecule has 0 heterocycles. The Labute approximate surface area is 142 Å². The number of rotatable bonds is 6. The lowest BCUT2D eigenvalue weighted by Crippen LogP contribution is -2.43. The molecule has 0 bridgehead atoms. The van der Waals surface area contributed by atoms with Gasteiger partial charge in [-0.15, -0.1) is 0 Å². The largest absolute Gasteiger partial charge is 0.336 e. The molecule has 0 radical (unpaired) electrons. The average molecular weight is 332 g/mol. The van der Waals surface area contributed by atoms with Crippen LogP contribution in [0.4, 0.5) is 10.5 Å². The van der Waals surface area contributed by atoms with Crippen LogP contribution in [0.25, 0.3) is 0 Å². The van der Waals surface area contributed by atoms with E-state index in [4.69, 9.17) is 11.6 Å². The van der Waals surface area contributed by atoms with Gasteiger partial charge >= 0.3 is 6.03 Å². The van der Waals surface area contributed by atoms with Crippen molar-refractivity contribution in [1.82, 2.24) is 10.2 Å². The van der Waals surface area contributed by atoms with Crippen molar-refractivity contribution in [2.24, 2.45) is 0 Å². The molecule has 2 rings (SSSR count). The molecule has 2 aromatic rings. The zero-order chi connectivity index (χ0) is 16.7. The number of likely N-dealkylation sites (N-methyl/N-ethyl adjacent to an activating group) is 1. The number of amides is 2. The molecule has 0 aromatic heterocycles. The maximum atomic E-state index is 12.0. The standard InChI is InChI=1S/C18H22ClN3O/c1-22(2)17(12-14-6-4-3-5-7-14)13-20-18(23)21-16-10-8-15(19)9-11-16/h3-11,17H,12-13H2,1-2H3,(H2,20,21,23)/t17-/m1/s1. The first-order chi connectivity index (χ1) is 11.0. The van der Waals surface area contributed by atoms with E-state index in [1.165, 1.54) is 5.56 Å². The van der Waals surface area contributed by atoms with Gasteiger partial charge in [0.1, 0.15) is 0 Å². The maximum Gasteiger partial charge on any atom is 0.319 e. The number of urea groups is 1. The molecule has 0 aliphatic rings. The molecule has 0 spiro atoms. The molecular formula is C18H22ClN3O. The van der Waals surface area contributed by atoms with Crippen molar-refractivity contribution >= 4 is 23.3 Å². The number of hydrogen-bond donors (Lipinski definition) is 2. The Morgan fingerprint density at radius 1 is 1.09 bits per heavy atom. The van der Waals surface area contributed by atoms with Gasteiger partial charge in [-0.2, -0.15) is 0 Å². The van der Waals surface area contributed by atoms with Crippen LogP contribution < -0.4 is 10.6 Å². The Bertz CT molecular complexity index is 614. The molecule has 2 amide bonds. The van der Waals surface area contributed by atoms with E-state index in [2.05, 4.69) is 27.7 Å². The van der Waals surface area contributed by atoms with Gasteiger partial charge in [0.25, 0.3) is 0 Å². The Morgan fingerprint density at radius 3 is 2.35 bits per heavy atom. The van der Waals surface area contributed by atoms with Gasteiger partial charge in [0.05, 0.1) is 0 Å². The van der Waals surface area contributed by atoms with Crippen LogP contribution in [0.5, 0.6) is 0 Å². The first kappa shape index (κ1) is 17.3. The molecule has 2 aromatic carbocycles. The number of nitrogens with one attached hydrogen (secondary N) is 2. The third kappa shape index (κ3) is 5.93. The minimum absolute atomic E-state index is 0.216. The number of hydrogen-bond acceptors (Lipinski definition) is 2. The van der Waals surface area contributed by atoms with E-state index < -0.39 is 0 Å². The van der Waals surface area contributed by atoms with Gasteiger partial charge in [-0.25, -0.2) is 4.79 Å². The predicted molar refractivity (Wildman–Crippen MR) is 96.1 cm³/mol. The lowest BCUT2D eigenvalue weighted by Gasteiger charge is -2.24. The van der Waals surface area contributed by atoms with Crippen molar-refractivity contribution in [3.05, 3.63) is 65.2 Å². The molecule has 0 fully saturated rings. The van der Waals surface area contributed by atoms with Crippen molar-refractivity contribution in [3.63, 3.8) is 0 Å². The summed E-state index contributed by atoms with van der Waals surface area (Å²) in [5, 5.41) is 6.37. The smallest absolute Gasteiger partial charge is 0.319 e. The monoisotopic (exact) mass is 331 g/mol. The minimum Gasteiger partial charge on any atom is -0.336 e. The number of carbonyl (C=O) groups is 1. The van der Waals surface area contributed by atoms with Crippen LogP contribution in [0, 0.1) is 0 Å². The molecule has 5 heteroatoms. The summed E-state index contributed by atoms with van der Waals surface area (Å²) in [6.45, 7) is 0.571. The number of anilines is 1. The fraction of sp³-hybridized carbons (Fsp3) is 0.278. The van der Waals surface area contributed by atoms with Gasteiger partial charge in [0.15, 0.2) is 0 Å². The lowest BCUT2D eigenvalue weighted by molar-refractivity contribution is 0.242. The fourth-order valence-electron chi connectivity index (χ4n) is 2.24. The van der Waals surface area contributed by atoms with Crippen LogP contribution >= 0.6 is 11.6 Å². The van der Waals surface area contributed by atoms with Crippen molar-refractivity contribution < 1.29 is 4.79 Å². The number of benzene rings is 2. The lowest BCUT2D eigenvalue weighted by atomic mass is 10.1. The zero-order valence-corrected chi connectivity index (χ0v) is 14.2. The minimum atomic E-state index is -0.216. The summed E-state index contributed by atoms with van der Waals surface area (Å²) < 4.78 is 0. The van der Waals surface area contributed by atoms with Crippen molar-refractivity contribution in [3.8, 4) is 0 Å². The molecule has 1 atom stereocenters. The van der Waals surface area contributed by atoms with E-state index in [0.717, 1.165) is 12.1 Å². The van der Waals surface area contributed by atoms with Crippen LogP contribution in [0.2, 0.25) is 5.02 Å². The third-order valence-electron chi connectivity index (χ3n) is 3.64. The van der Waals surface area contributed by atoms with E-state index in [1.807, 2.05) is 32.3 Å². The molecule has 0 unspecified atom stereocenters. The zero-order valence-electron chi connectivity index (χ0n) is 13.4. The highest BCUT2D eigenvalue weighted by molar-refractivity contribution is 6.30. The molecule has 2 N–H and O–H groups in total. The molecule has 0 saturated carbocycles. The van der Waals surface area contributed by atoms with Crippen LogP contribution in [-0.2, 0) is 6.42 Å². The van der Waals surface area contributed by atoms with Gasteiger partial charge in [-0.05, 0) is 50.3 Å². The van der Waals surface area contributed by atoms with E-state index in [0.29, 0.717) is 11.6 Å². The summed E-state index contributed by atoms with van der Waals surface area (Å²) in [6.07, 6.45) is 0.884. The molecule has 122 valence electrons. The highest BCUT2D eigenvalue weighted by atomic mass is 35.5. The summed E-state index contributed by atoms with van der Waals surface area (Å²) in [4.78, 5) is 14.1. The topological polar surface area (TPSA) is 44.4 Å². The first-order valence-corrected chi connectivity index (χ1v) is 7.93. The van der Waals surface area contributed by atoms with Crippen LogP contribution in [0.1, 0.15) is 5.56 Å². The van der Waals surface area contributed by atoms with E-state index in [-0.39, 0.29) is 12.1 Å². The summed E-state index contributed by atoms with van der Waals surface area (Å²) >= 11 is 5.83. The summed E-state index contributed by atoms with van der Waals surface area (Å²) in [7, 11) is 4.04. The Balaban J connectivity index is 1.85. The Hall–Kier alpha value is -2.04. The summed E-state index contributed by atoms with van der Waals surface area (Å²) in [6, 6.07) is 17.3. The third-order valence-corrected chi connectivity index (χ3v) is 3.90. The Kier molecular flexibility index (Phi) is 6.44.